The summed E-state index contributed by atoms with van der Waals surface area (Å²) in [7, 11) is 0. The molecular weight excluding hydrogens is 400 g/mol. The maximum atomic E-state index is 13.0. The van der Waals surface area contributed by atoms with Crippen molar-refractivity contribution in [1.82, 2.24) is 10.3 Å². The molecule has 0 aliphatic carbocycles. The molecule has 0 spiro atoms. The lowest BCUT2D eigenvalue weighted by Gasteiger charge is -2.27. The second-order valence-corrected chi connectivity index (χ2v) is 7.33. The highest BCUT2D eigenvalue weighted by Gasteiger charge is 2.31. The molecule has 5 rings (SSSR count). The Labute approximate surface area is 186 Å². The molecular formula is C27H20N2O3. The molecule has 0 unspecified atom stereocenters. The van der Waals surface area contributed by atoms with Gasteiger partial charge in [0.2, 0.25) is 5.91 Å². The van der Waals surface area contributed by atoms with Gasteiger partial charge in [0.25, 0.3) is 0 Å². The van der Waals surface area contributed by atoms with Crippen LogP contribution in [0.3, 0.4) is 0 Å². The molecule has 4 aromatic rings. The number of carbonyl (C=O) groups excluding carboxylic acids is 1. The van der Waals surface area contributed by atoms with Crippen molar-refractivity contribution in [3.8, 4) is 29.1 Å². The molecule has 0 radical (unpaired) electrons. The van der Waals surface area contributed by atoms with Crippen molar-refractivity contribution in [2.24, 2.45) is 0 Å². The summed E-state index contributed by atoms with van der Waals surface area (Å²) in [6, 6.07) is 24.9. The van der Waals surface area contributed by atoms with Crippen LogP contribution in [0.2, 0.25) is 0 Å². The smallest absolute Gasteiger partial charge is 0.233 e. The molecule has 0 saturated heterocycles. The molecule has 5 heteroatoms. The van der Waals surface area contributed by atoms with E-state index in [-0.39, 0.29) is 19.1 Å². The summed E-state index contributed by atoms with van der Waals surface area (Å²) >= 11 is 0. The van der Waals surface area contributed by atoms with Crippen molar-refractivity contribution >= 4 is 16.8 Å². The fraction of sp³-hybridized carbons (Fsp3) is 0.111. The van der Waals surface area contributed by atoms with E-state index in [1.54, 1.807) is 6.20 Å². The van der Waals surface area contributed by atoms with Crippen molar-refractivity contribution in [3.63, 3.8) is 0 Å². The van der Waals surface area contributed by atoms with Crippen molar-refractivity contribution in [3.05, 3.63) is 96.2 Å². The van der Waals surface area contributed by atoms with E-state index in [0.717, 1.165) is 22.0 Å². The van der Waals surface area contributed by atoms with Gasteiger partial charge in [-0.2, -0.15) is 0 Å². The van der Waals surface area contributed by atoms with Gasteiger partial charge in [-0.3, -0.25) is 9.78 Å². The first kappa shape index (κ1) is 19.7. The molecule has 5 nitrogen and oxygen atoms in total. The lowest BCUT2D eigenvalue weighted by Crippen LogP contribution is -2.31. The average molecular weight is 420 g/mol. The Bertz CT molecular complexity index is 1310. The molecule has 0 bridgehead atoms. The summed E-state index contributed by atoms with van der Waals surface area (Å²) in [5, 5.41) is 3.98. The van der Waals surface area contributed by atoms with Crippen molar-refractivity contribution in [1.29, 1.82) is 0 Å². The minimum absolute atomic E-state index is 0.107. The number of para-hydroxylation sites is 2. The van der Waals surface area contributed by atoms with Crippen LogP contribution in [0.1, 0.15) is 17.0 Å². The van der Waals surface area contributed by atoms with E-state index in [4.69, 9.17) is 9.47 Å². The van der Waals surface area contributed by atoms with Crippen LogP contribution in [0.15, 0.2) is 85.1 Å². The Morgan fingerprint density at radius 2 is 1.69 bits per heavy atom. The molecule has 1 N–H and O–H groups in total. The quantitative estimate of drug-likeness (QED) is 0.488. The number of hydrogen-bond donors (Lipinski definition) is 1. The van der Waals surface area contributed by atoms with E-state index in [9.17, 15) is 4.79 Å². The number of nitrogens with one attached hydrogen (secondary N) is 1. The average Bonchev–Trinajstić information content (AvgIpc) is 2.84. The van der Waals surface area contributed by atoms with E-state index < -0.39 is 5.92 Å². The van der Waals surface area contributed by atoms with Crippen LogP contribution in [0, 0.1) is 11.8 Å². The fourth-order valence-corrected chi connectivity index (χ4v) is 3.79. The summed E-state index contributed by atoms with van der Waals surface area (Å²) in [6.07, 6.45) is 1.75. The predicted octanol–water partition coefficient (Wildman–Crippen LogP) is 4.67. The maximum absolute atomic E-state index is 13.0. The van der Waals surface area contributed by atoms with Crippen LogP contribution >= 0.6 is 0 Å². The van der Waals surface area contributed by atoms with Crippen molar-refractivity contribution < 1.29 is 14.3 Å². The molecule has 32 heavy (non-hydrogen) atoms. The standard InChI is InChI=1S/C27H20N2O3/c30-27(26-21-9-1-3-11-24(21)32-25-12-4-2-10-22(25)26)29-15-5-6-17-31-20-14-13-19-8-7-16-28-23(19)18-20/h1-4,7-14,16,18,26H,15,17H2,(H,29,30). The van der Waals surface area contributed by atoms with Crippen molar-refractivity contribution in [2.75, 3.05) is 13.2 Å². The third kappa shape index (κ3) is 3.99. The van der Waals surface area contributed by atoms with Gasteiger partial charge >= 0.3 is 0 Å². The molecule has 0 saturated carbocycles. The molecule has 3 aromatic carbocycles. The normalized spacial score (nSPS) is 12.0. The van der Waals surface area contributed by atoms with Gasteiger partial charge in [0.1, 0.15) is 23.9 Å². The van der Waals surface area contributed by atoms with Gasteiger partial charge in [-0.15, -0.1) is 0 Å². The Hall–Kier alpha value is -4.30. The molecule has 2 heterocycles. The number of pyridine rings is 1. The highest BCUT2D eigenvalue weighted by atomic mass is 16.5. The number of ether oxygens (including phenoxy) is 2. The number of rotatable bonds is 4. The van der Waals surface area contributed by atoms with Crippen LogP contribution < -0.4 is 14.8 Å². The zero-order valence-corrected chi connectivity index (χ0v) is 17.2. The minimum atomic E-state index is -0.431. The first-order valence-corrected chi connectivity index (χ1v) is 10.4. The molecule has 1 aliphatic rings. The highest BCUT2D eigenvalue weighted by Crippen LogP contribution is 2.43. The van der Waals surface area contributed by atoms with Gasteiger partial charge < -0.3 is 14.8 Å². The third-order valence-electron chi connectivity index (χ3n) is 5.31. The van der Waals surface area contributed by atoms with E-state index in [0.29, 0.717) is 17.2 Å². The molecule has 0 fully saturated rings. The summed E-state index contributed by atoms with van der Waals surface area (Å²) in [5.74, 6) is 7.49. The minimum Gasteiger partial charge on any atom is -0.481 e. The number of aromatic nitrogens is 1. The molecule has 1 aliphatic heterocycles. The van der Waals surface area contributed by atoms with E-state index in [1.165, 1.54) is 0 Å². The van der Waals surface area contributed by atoms with Gasteiger partial charge in [0.15, 0.2) is 0 Å². The number of benzene rings is 3. The first-order valence-electron chi connectivity index (χ1n) is 10.4. The van der Waals surface area contributed by atoms with Gasteiger partial charge in [0.05, 0.1) is 18.0 Å². The second kappa shape index (κ2) is 8.83. The lowest BCUT2D eigenvalue weighted by atomic mass is 9.87. The highest BCUT2D eigenvalue weighted by molar-refractivity contribution is 5.89. The summed E-state index contributed by atoms with van der Waals surface area (Å²) < 4.78 is 11.6. The lowest BCUT2D eigenvalue weighted by molar-refractivity contribution is -0.121. The Kier molecular flexibility index (Phi) is 5.42. The third-order valence-corrected chi connectivity index (χ3v) is 5.31. The Morgan fingerprint density at radius 1 is 0.938 bits per heavy atom. The largest absolute Gasteiger partial charge is 0.481 e. The van der Waals surface area contributed by atoms with Gasteiger partial charge in [-0.05, 0) is 30.3 Å². The topological polar surface area (TPSA) is 60.5 Å². The molecule has 156 valence electrons. The molecule has 1 amide bonds. The number of amides is 1. The van der Waals surface area contributed by atoms with Crippen LogP contribution in [0.4, 0.5) is 0 Å². The van der Waals surface area contributed by atoms with E-state index in [1.807, 2.05) is 78.9 Å². The van der Waals surface area contributed by atoms with E-state index in [2.05, 4.69) is 22.1 Å². The number of fused-ring (bicyclic) bond motifs is 3. The first-order chi connectivity index (χ1) is 15.8. The maximum Gasteiger partial charge on any atom is 0.233 e. The number of nitrogens with zero attached hydrogens (tertiary/aromatic N) is 1. The molecule has 1 aromatic heterocycles. The van der Waals surface area contributed by atoms with Gasteiger partial charge in [0, 0.05) is 28.8 Å². The SMILES string of the molecule is O=C(NCC#CCOc1ccc2cccnc2c1)C1c2ccccc2Oc2ccccc21. The predicted molar refractivity (Wildman–Crippen MR) is 123 cm³/mol. The van der Waals surface area contributed by atoms with Crippen LogP contribution in [0.5, 0.6) is 17.2 Å². The van der Waals surface area contributed by atoms with Gasteiger partial charge in [-0.25, -0.2) is 0 Å². The Balaban J connectivity index is 1.21. The second-order valence-electron chi connectivity index (χ2n) is 7.33. The summed E-state index contributed by atoms with van der Waals surface area (Å²) in [6.45, 7) is 0.473. The van der Waals surface area contributed by atoms with Crippen LogP contribution in [0.25, 0.3) is 10.9 Å². The number of hydrogen-bond acceptors (Lipinski definition) is 4. The zero-order valence-electron chi connectivity index (χ0n) is 17.2. The van der Waals surface area contributed by atoms with Crippen molar-refractivity contribution in [2.45, 2.75) is 5.92 Å². The summed E-state index contributed by atoms with van der Waals surface area (Å²) in [5.41, 5.74) is 2.58. The van der Waals surface area contributed by atoms with Gasteiger partial charge in [-0.1, -0.05) is 54.3 Å². The van der Waals surface area contributed by atoms with E-state index >= 15 is 0 Å². The number of carbonyl (C=O) groups is 1. The van der Waals surface area contributed by atoms with Crippen LogP contribution in [-0.4, -0.2) is 24.0 Å². The molecule has 0 atom stereocenters. The summed E-state index contributed by atoms with van der Waals surface area (Å²) in [4.78, 5) is 17.4. The zero-order chi connectivity index (χ0) is 21.8. The van der Waals surface area contributed by atoms with Crippen LogP contribution in [-0.2, 0) is 4.79 Å². The fourth-order valence-electron chi connectivity index (χ4n) is 3.79. The Morgan fingerprint density at radius 3 is 2.47 bits per heavy atom. The monoisotopic (exact) mass is 420 g/mol.